The zero-order valence-corrected chi connectivity index (χ0v) is 11.3. The van der Waals surface area contributed by atoms with Gasteiger partial charge in [0.05, 0.1) is 12.5 Å². The van der Waals surface area contributed by atoms with Crippen molar-refractivity contribution in [2.75, 3.05) is 6.61 Å². The van der Waals surface area contributed by atoms with Crippen LogP contribution in [0.1, 0.15) is 36.0 Å². The van der Waals surface area contributed by atoms with Crippen LogP contribution >= 0.6 is 0 Å². The van der Waals surface area contributed by atoms with Crippen molar-refractivity contribution in [1.29, 1.82) is 0 Å². The SMILES string of the molecule is NC1CCc2nnc(C3CCOc4ccccc43)n2C1. The second-order valence-electron chi connectivity index (χ2n) is 5.61. The predicted octanol–water partition coefficient (Wildman–Crippen LogP) is 1.47. The van der Waals surface area contributed by atoms with Gasteiger partial charge in [0, 0.05) is 24.6 Å². The molecule has 2 unspecified atom stereocenters. The quantitative estimate of drug-likeness (QED) is 0.852. The van der Waals surface area contributed by atoms with E-state index in [1.165, 1.54) is 5.56 Å². The van der Waals surface area contributed by atoms with Crippen LogP contribution in [0.4, 0.5) is 0 Å². The van der Waals surface area contributed by atoms with Crippen LogP contribution in [-0.4, -0.2) is 27.4 Å². The molecule has 2 aliphatic heterocycles. The molecule has 5 nitrogen and oxygen atoms in total. The van der Waals surface area contributed by atoms with Crippen LogP contribution in [0.5, 0.6) is 5.75 Å². The molecule has 4 rings (SSSR count). The van der Waals surface area contributed by atoms with Gasteiger partial charge < -0.3 is 15.0 Å². The van der Waals surface area contributed by atoms with Crippen molar-refractivity contribution in [3.8, 4) is 5.75 Å². The number of rotatable bonds is 1. The van der Waals surface area contributed by atoms with Gasteiger partial charge in [-0.3, -0.25) is 0 Å². The van der Waals surface area contributed by atoms with E-state index in [1.807, 2.05) is 12.1 Å². The Morgan fingerprint density at radius 2 is 2.10 bits per heavy atom. The van der Waals surface area contributed by atoms with Gasteiger partial charge in [-0.25, -0.2) is 0 Å². The molecule has 1 aromatic heterocycles. The molecule has 0 aliphatic carbocycles. The van der Waals surface area contributed by atoms with Gasteiger partial charge in [0.1, 0.15) is 17.4 Å². The Kier molecular flexibility index (Phi) is 2.73. The van der Waals surface area contributed by atoms with Crippen LogP contribution in [-0.2, 0) is 13.0 Å². The van der Waals surface area contributed by atoms with Crippen molar-refractivity contribution in [3.05, 3.63) is 41.5 Å². The molecular weight excluding hydrogens is 252 g/mol. The fourth-order valence-electron chi connectivity index (χ4n) is 3.24. The standard InChI is InChI=1S/C15H18N4O/c16-10-5-6-14-17-18-15(19(14)9-10)12-7-8-20-13-4-2-1-3-11(12)13/h1-4,10,12H,5-9,16H2. The number of aryl methyl sites for hydroxylation is 1. The molecule has 1 aromatic carbocycles. The summed E-state index contributed by atoms with van der Waals surface area (Å²) < 4.78 is 7.96. The van der Waals surface area contributed by atoms with E-state index in [2.05, 4.69) is 26.9 Å². The van der Waals surface area contributed by atoms with Crippen LogP contribution in [0.3, 0.4) is 0 Å². The zero-order chi connectivity index (χ0) is 13.5. The number of nitrogens with two attached hydrogens (primary N) is 1. The fourth-order valence-corrected chi connectivity index (χ4v) is 3.24. The molecule has 104 valence electrons. The van der Waals surface area contributed by atoms with Gasteiger partial charge in [0.15, 0.2) is 0 Å². The molecule has 2 N–H and O–H groups in total. The lowest BCUT2D eigenvalue weighted by Crippen LogP contribution is -2.33. The topological polar surface area (TPSA) is 66.0 Å². The first-order valence-corrected chi connectivity index (χ1v) is 7.22. The summed E-state index contributed by atoms with van der Waals surface area (Å²) in [5.41, 5.74) is 7.32. The molecule has 5 heteroatoms. The highest BCUT2D eigenvalue weighted by molar-refractivity contribution is 5.41. The number of hydrogen-bond donors (Lipinski definition) is 1. The van der Waals surface area contributed by atoms with E-state index in [-0.39, 0.29) is 12.0 Å². The van der Waals surface area contributed by atoms with Crippen LogP contribution in [0, 0.1) is 0 Å². The highest BCUT2D eigenvalue weighted by Crippen LogP contribution is 2.37. The Balaban J connectivity index is 1.78. The molecule has 0 radical (unpaired) electrons. The first-order chi connectivity index (χ1) is 9.83. The van der Waals surface area contributed by atoms with E-state index < -0.39 is 0 Å². The molecule has 20 heavy (non-hydrogen) atoms. The molecule has 2 aliphatic rings. The van der Waals surface area contributed by atoms with E-state index in [0.29, 0.717) is 0 Å². The number of aromatic nitrogens is 3. The normalized spacial score (nSPS) is 24.6. The van der Waals surface area contributed by atoms with Gasteiger partial charge in [0.25, 0.3) is 0 Å². The highest BCUT2D eigenvalue weighted by Gasteiger charge is 2.30. The van der Waals surface area contributed by atoms with Crippen LogP contribution < -0.4 is 10.5 Å². The monoisotopic (exact) mass is 270 g/mol. The molecular formula is C15H18N4O. The summed E-state index contributed by atoms with van der Waals surface area (Å²) in [7, 11) is 0. The third kappa shape index (κ3) is 1.81. The fraction of sp³-hybridized carbons (Fsp3) is 0.467. The van der Waals surface area contributed by atoms with Crippen molar-refractivity contribution in [1.82, 2.24) is 14.8 Å². The van der Waals surface area contributed by atoms with E-state index in [4.69, 9.17) is 10.5 Å². The summed E-state index contributed by atoms with van der Waals surface area (Å²) in [5, 5.41) is 8.81. The second-order valence-corrected chi connectivity index (χ2v) is 5.61. The Bertz CT molecular complexity index is 637. The summed E-state index contributed by atoms with van der Waals surface area (Å²) in [6.07, 6.45) is 2.88. The highest BCUT2D eigenvalue weighted by atomic mass is 16.5. The minimum absolute atomic E-state index is 0.215. The Hall–Kier alpha value is -1.88. The first-order valence-electron chi connectivity index (χ1n) is 7.22. The summed E-state index contributed by atoms with van der Waals surface area (Å²) in [6, 6.07) is 8.44. The molecule has 3 heterocycles. The maximum absolute atomic E-state index is 6.10. The van der Waals surface area contributed by atoms with Crippen molar-refractivity contribution in [3.63, 3.8) is 0 Å². The number of hydrogen-bond acceptors (Lipinski definition) is 4. The smallest absolute Gasteiger partial charge is 0.140 e. The number of fused-ring (bicyclic) bond motifs is 2. The molecule has 0 bridgehead atoms. The van der Waals surface area contributed by atoms with E-state index in [0.717, 1.165) is 49.8 Å². The molecule has 0 fully saturated rings. The second kappa shape index (κ2) is 4.59. The number of benzene rings is 1. The van der Waals surface area contributed by atoms with Gasteiger partial charge in [0.2, 0.25) is 0 Å². The lowest BCUT2D eigenvalue weighted by atomic mass is 9.92. The van der Waals surface area contributed by atoms with Crippen molar-refractivity contribution >= 4 is 0 Å². The summed E-state index contributed by atoms with van der Waals surface area (Å²) in [5.74, 6) is 3.37. The lowest BCUT2D eigenvalue weighted by Gasteiger charge is -2.27. The average Bonchev–Trinajstić information content (AvgIpc) is 2.89. The largest absolute Gasteiger partial charge is 0.493 e. The molecule has 0 spiro atoms. The van der Waals surface area contributed by atoms with E-state index in [1.54, 1.807) is 0 Å². The third-order valence-corrected chi connectivity index (χ3v) is 4.28. The Labute approximate surface area is 117 Å². The zero-order valence-electron chi connectivity index (χ0n) is 11.3. The van der Waals surface area contributed by atoms with Crippen LogP contribution in [0.15, 0.2) is 24.3 Å². The van der Waals surface area contributed by atoms with E-state index in [9.17, 15) is 0 Å². The minimum Gasteiger partial charge on any atom is -0.493 e. The summed E-state index contributed by atoms with van der Waals surface area (Å²) >= 11 is 0. The average molecular weight is 270 g/mol. The lowest BCUT2D eigenvalue weighted by molar-refractivity contribution is 0.271. The molecule has 0 saturated carbocycles. The summed E-state index contributed by atoms with van der Waals surface area (Å²) in [4.78, 5) is 0. The van der Waals surface area contributed by atoms with Crippen LogP contribution in [0.2, 0.25) is 0 Å². The van der Waals surface area contributed by atoms with Gasteiger partial charge in [-0.2, -0.15) is 0 Å². The van der Waals surface area contributed by atoms with Crippen molar-refractivity contribution < 1.29 is 4.74 Å². The van der Waals surface area contributed by atoms with Gasteiger partial charge in [-0.1, -0.05) is 18.2 Å². The van der Waals surface area contributed by atoms with Crippen molar-refractivity contribution in [2.45, 2.75) is 37.8 Å². The van der Waals surface area contributed by atoms with Gasteiger partial charge in [-0.15, -0.1) is 10.2 Å². The maximum atomic E-state index is 6.10. The molecule has 2 aromatic rings. The number of para-hydroxylation sites is 1. The molecule has 0 saturated heterocycles. The van der Waals surface area contributed by atoms with Gasteiger partial charge in [-0.05, 0) is 18.9 Å². The Morgan fingerprint density at radius 3 is 3.05 bits per heavy atom. The maximum Gasteiger partial charge on any atom is 0.140 e. The predicted molar refractivity (Wildman–Crippen MR) is 74.7 cm³/mol. The van der Waals surface area contributed by atoms with E-state index >= 15 is 0 Å². The third-order valence-electron chi connectivity index (χ3n) is 4.28. The van der Waals surface area contributed by atoms with Crippen molar-refractivity contribution in [2.24, 2.45) is 5.73 Å². The van der Waals surface area contributed by atoms with Gasteiger partial charge >= 0.3 is 0 Å². The minimum atomic E-state index is 0.215. The first kappa shape index (κ1) is 11.9. The number of ether oxygens (including phenoxy) is 1. The molecule has 2 atom stereocenters. The van der Waals surface area contributed by atoms with Crippen LogP contribution in [0.25, 0.3) is 0 Å². The molecule has 0 amide bonds. The summed E-state index contributed by atoms with van der Waals surface area (Å²) in [6.45, 7) is 1.56. The number of nitrogens with zero attached hydrogens (tertiary/aromatic N) is 3. The Morgan fingerprint density at radius 1 is 1.20 bits per heavy atom.